The van der Waals surface area contributed by atoms with Crippen LogP contribution in [0.15, 0.2) is 27.6 Å². The summed E-state index contributed by atoms with van der Waals surface area (Å²) in [5.41, 5.74) is 0.926. The minimum Gasteiger partial charge on any atom is -0.281 e. The molecule has 8 heteroatoms. The van der Waals surface area contributed by atoms with E-state index in [0.717, 1.165) is 6.07 Å². The van der Waals surface area contributed by atoms with Crippen molar-refractivity contribution in [1.29, 1.82) is 0 Å². The molecular formula is C11H11BrFN3O2S. The lowest BCUT2D eigenvalue weighted by molar-refractivity contribution is 0.600. The Morgan fingerprint density at radius 1 is 1.37 bits per heavy atom. The van der Waals surface area contributed by atoms with Crippen LogP contribution in [0, 0.1) is 19.7 Å². The summed E-state index contributed by atoms with van der Waals surface area (Å²) in [6.07, 6.45) is 0. The van der Waals surface area contributed by atoms with Gasteiger partial charge in [0.2, 0.25) is 0 Å². The number of aromatic nitrogens is 2. The molecule has 0 bridgehead atoms. The Balaban J connectivity index is 2.45. The number of H-pyrrole nitrogens is 1. The number of aromatic amines is 1. The van der Waals surface area contributed by atoms with Gasteiger partial charge in [-0.1, -0.05) is 0 Å². The second kappa shape index (κ2) is 4.93. The predicted octanol–water partition coefficient (Wildman–Crippen LogP) is 2.73. The summed E-state index contributed by atoms with van der Waals surface area (Å²) < 4.78 is 40.4. The molecule has 0 saturated heterocycles. The van der Waals surface area contributed by atoms with Gasteiger partial charge in [0.15, 0.2) is 0 Å². The number of aryl methyl sites for hydroxylation is 2. The number of nitrogens with one attached hydrogen (secondary N) is 2. The zero-order valence-electron chi connectivity index (χ0n) is 10.2. The van der Waals surface area contributed by atoms with Gasteiger partial charge in [0.05, 0.1) is 17.1 Å². The zero-order valence-corrected chi connectivity index (χ0v) is 12.6. The van der Waals surface area contributed by atoms with Gasteiger partial charge in [-0.05, 0) is 48.0 Å². The summed E-state index contributed by atoms with van der Waals surface area (Å²) >= 11 is 3.17. The lowest BCUT2D eigenvalue weighted by atomic mass is 10.3. The number of anilines is 1. The minimum absolute atomic E-state index is 0.0728. The summed E-state index contributed by atoms with van der Waals surface area (Å²) in [7, 11) is -3.81. The highest BCUT2D eigenvalue weighted by molar-refractivity contribution is 9.10. The predicted molar refractivity (Wildman–Crippen MR) is 73.0 cm³/mol. The topological polar surface area (TPSA) is 74.8 Å². The molecule has 0 aliphatic heterocycles. The van der Waals surface area contributed by atoms with Crippen LogP contribution >= 0.6 is 15.9 Å². The number of halogens is 2. The molecule has 2 rings (SSSR count). The molecule has 19 heavy (non-hydrogen) atoms. The number of sulfonamides is 1. The minimum atomic E-state index is -3.81. The quantitative estimate of drug-likeness (QED) is 0.896. The van der Waals surface area contributed by atoms with Crippen molar-refractivity contribution in [3.05, 3.63) is 39.9 Å². The Bertz CT molecular complexity index is 708. The van der Waals surface area contributed by atoms with Crippen LogP contribution in [0.1, 0.15) is 11.4 Å². The molecule has 0 saturated carbocycles. The van der Waals surface area contributed by atoms with Gasteiger partial charge in [0.1, 0.15) is 10.7 Å². The maximum atomic E-state index is 13.1. The van der Waals surface area contributed by atoms with Crippen LogP contribution in [0.5, 0.6) is 0 Å². The standard InChI is InChI=1S/C11H11BrFN3O2S/c1-6-11(7(2)15-14-6)19(17,18)16-10-5-8(13)3-4-9(10)12/h3-5,16H,1-2H3,(H,14,15). The van der Waals surface area contributed by atoms with Crippen LogP contribution in [0.4, 0.5) is 10.1 Å². The first-order valence-electron chi connectivity index (χ1n) is 5.30. The first-order valence-corrected chi connectivity index (χ1v) is 7.58. The molecule has 5 nitrogen and oxygen atoms in total. The smallest absolute Gasteiger partial charge is 0.265 e. The normalized spacial score (nSPS) is 11.6. The Hall–Kier alpha value is -1.41. The van der Waals surface area contributed by atoms with Gasteiger partial charge in [-0.25, -0.2) is 12.8 Å². The molecule has 0 amide bonds. The average molecular weight is 348 g/mol. The zero-order chi connectivity index (χ0) is 14.2. The highest BCUT2D eigenvalue weighted by Gasteiger charge is 2.23. The molecule has 2 aromatic rings. The molecule has 1 aromatic heterocycles. The van der Waals surface area contributed by atoms with Crippen LogP contribution in [0.25, 0.3) is 0 Å². The monoisotopic (exact) mass is 347 g/mol. The van der Waals surface area contributed by atoms with Crippen molar-refractivity contribution >= 4 is 31.6 Å². The van der Waals surface area contributed by atoms with Gasteiger partial charge >= 0.3 is 0 Å². The van der Waals surface area contributed by atoms with Gasteiger partial charge in [-0.3, -0.25) is 9.82 Å². The number of benzene rings is 1. The summed E-state index contributed by atoms with van der Waals surface area (Å²) in [4.78, 5) is 0.0728. The van der Waals surface area contributed by atoms with Crippen LogP contribution in [0.3, 0.4) is 0 Å². The van der Waals surface area contributed by atoms with Crippen molar-refractivity contribution in [2.45, 2.75) is 18.7 Å². The lowest BCUT2D eigenvalue weighted by Gasteiger charge is -2.10. The number of nitrogens with zero attached hydrogens (tertiary/aromatic N) is 1. The van der Waals surface area contributed by atoms with Crippen molar-refractivity contribution < 1.29 is 12.8 Å². The maximum absolute atomic E-state index is 13.1. The second-order valence-electron chi connectivity index (χ2n) is 3.99. The molecule has 0 spiro atoms. The van der Waals surface area contributed by atoms with Crippen molar-refractivity contribution in [3.8, 4) is 0 Å². The molecule has 0 aliphatic carbocycles. The largest absolute Gasteiger partial charge is 0.281 e. The van der Waals surface area contributed by atoms with Gasteiger partial charge in [0.25, 0.3) is 10.0 Å². The van der Waals surface area contributed by atoms with E-state index >= 15 is 0 Å². The van der Waals surface area contributed by atoms with Gasteiger partial charge < -0.3 is 0 Å². The third kappa shape index (κ3) is 2.79. The van der Waals surface area contributed by atoms with E-state index in [1.54, 1.807) is 13.8 Å². The van der Waals surface area contributed by atoms with Crippen LogP contribution in [-0.4, -0.2) is 18.6 Å². The van der Waals surface area contributed by atoms with E-state index in [2.05, 4.69) is 30.8 Å². The Kier molecular flexibility index (Phi) is 3.64. The number of hydrogen-bond donors (Lipinski definition) is 2. The van der Waals surface area contributed by atoms with Crippen molar-refractivity contribution in [3.63, 3.8) is 0 Å². The van der Waals surface area contributed by atoms with E-state index in [-0.39, 0.29) is 10.6 Å². The molecule has 102 valence electrons. The molecule has 0 atom stereocenters. The summed E-state index contributed by atoms with van der Waals surface area (Å²) in [5.74, 6) is -0.526. The van der Waals surface area contributed by atoms with Gasteiger partial charge in [-0.2, -0.15) is 5.10 Å². The third-order valence-electron chi connectivity index (χ3n) is 2.50. The first-order chi connectivity index (χ1) is 8.81. The Morgan fingerprint density at radius 3 is 2.63 bits per heavy atom. The summed E-state index contributed by atoms with van der Waals surface area (Å²) in [6.45, 7) is 3.19. The molecule has 1 aromatic carbocycles. The third-order valence-corrected chi connectivity index (χ3v) is 4.82. The fourth-order valence-corrected chi connectivity index (χ4v) is 3.63. The fraction of sp³-hybridized carbons (Fsp3) is 0.182. The fourth-order valence-electron chi connectivity index (χ4n) is 1.71. The van der Waals surface area contributed by atoms with E-state index in [9.17, 15) is 12.8 Å². The molecule has 2 N–H and O–H groups in total. The van der Waals surface area contributed by atoms with Crippen molar-refractivity contribution in [2.24, 2.45) is 0 Å². The van der Waals surface area contributed by atoms with Crippen molar-refractivity contribution in [2.75, 3.05) is 4.72 Å². The molecular weight excluding hydrogens is 337 g/mol. The highest BCUT2D eigenvalue weighted by atomic mass is 79.9. The van der Waals surface area contributed by atoms with Gasteiger partial charge in [-0.15, -0.1) is 0 Å². The Labute approximate surface area is 118 Å². The molecule has 0 aliphatic rings. The first kappa shape index (κ1) is 14.0. The number of hydrogen-bond acceptors (Lipinski definition) is 3. The summed E-state index contributed by atoms with van der Waals surface area (Å²) in [5, 5.41) is 6.43. The van der Waals surface area contributed by atoms with E-state index < -0.39 is 15.8 Å². The SMILES string of the molecule is Cc1n[nH]c(C)c1S(=O)(=O)Nc1cc(F)ccc1Br. The summed E-state index contributed by atoms with van der Waals surface area (Å²) in [6, 6.07) is 3.77. The van der Waals surface area contributed by atoms with Crippen molar-refractivity contribution in [1.82, 2.24) is 10.2 Å². The molecule has 1 heterocycles. The van der Waals surface area contributed by atoms with E-state index in [0.29, 0.717) is 15.9 Å². The van der Waals surface area contributed by atoms with E-state index in [4.69, 9.17) is 0 Å². The number of rotatable bonds is 3. The molecule has 0 unspecified atom stereocenters. The maximum Gasteiger partial charge on any atom is 0.265 e. The second-order valence-corrected chi connectivity index (χ2v) is 6.47. The van der Waals surface area contributed by atoms with E-state index in [1.165, 1.54) is 12.1 Å². The van der Waals surface area contributed by atoms with Crippen LogP contribution < -0.4 is 4.72 Å². The highest BCUT2D eigenvalue weighted by Crippen LogP contribution is 2.27. The van der Waals surface area contributed by atoms with E-state index in [1.807, 2.05) is 0 Å². The average Bonchev–Trinajstić information content (AvgIpc) is 2.64. The molecule has 0 fully saturated rings. The Morgan fingerprint density at radius 2 is 2.05 bits per heavy atom. The van der Waals surface area contributed by atoms with Gasteiger partial charge in [0, 0.05) is 4.47 Å². The van der Waals surface area contributed by atoms with Crippen LogP contribution in [-0.2, 0) is 10.0 Å². The van der Waals surface area contributed by atoms with Crippen LogP contribution in [0.2, 0.25) is 0 Å². The lowest BCUT2D eigenvalue weighted by Crippen LogP contribution is -2.15. The molecule has 0 radical (unpaired) electrons.